The highest BCUT2D eigenvalue weighted by molar-refractivity contribution is 6.15. The molecule has 0 atom stereocenters. The van der Waals surface area contributed by atoms with E-state index in [1.165, 1.54) is 6.26 Å². The average Bonchev–Trinajstić information content (AvgIpc) is 3.38. The number of likely N-dealkylation sites (N-methyl/N-ethyl adjacent to an activating group) is 1. The van der Waals surface area contributed by atoms with Gasteiger partial charge in [0.1, 0.15) is 6.54 Å². The number of nitrogens with zero attached hydrogens (tertiary/aromatic N) is 2. The molecule has 140 valence electrons. The van der Waals surface area contributed by atoms with Gasteiger partial charge in [-0.05, 0) is 37.3 Å². The van der Waals surface area contributed by atoms with Crippen molar-refractivity contribution in [3.05, 3.63) is 90.5 Å². The average molecular weight is 372 g/mol. The summed E-state index contributed by atoms with van der Waals surface area (Å²) in [5.74, 6) is 0.0583. The first-order valence-corrected chi connectivity index (χ1v) is 9.20. The molecular weight excluding hydrogens is 352 g/mol. The third-order valence-electron chi connectivity index (χ3n) is 4.77. The second-order valence-corrected chi connectivity index (χ2v) is 6.47. The fourth-order valence-corrected chi connectivity index (χ4v) is 3.44. The second-order valence-electron chi connectivity index (χ2n) is 6.47. The number of amides is 1. The summed E-state index contributed by atoms with van der Waals surface area (Å²) in [5.41, 5.74) is 2.23. The van der Waals surface area contributed by atoms with E-state index in [1.807, 2.05) is 66.1 Å². The van der Waals surface area contributed by atoms with Crippen LogP contribution < -0.4 is 4.90 Å². The lowest BCUT2D eigenvalue weighted by molar-refractivity contribution is -0.119. The standard InChI is InChI=1S/C23H20N2O3/c1-2-25(17-9-4-3-5-10-17)22(26)16-24-15-19(18-11-6-7-12-20(18)24)23(27)21-13-8-14-28-21/h3-15H,2,16H2,1H3. The summed E-state index contributed by atoms with van der Waals surface area (Å²) in [6.45, 7) is 2.67. The molecule has 0 saturated carbocycles. The molecule has 0 bridgehead atoms. The molecule has 4 rings (SSSR count). The quantitative estimate of drug-likeness (QED) is 0.468. The highest BCUT2D eigenvalue weighted by Crippen LogP contribution is 2.25. The van der Waals surface area contributed by atoms with Gasteiger partial charge < -0.3 is 13.9 Å². The normalized spacial score (nSPS) is 10.9. The Morgan fingerprint density at radius 1 is 0.964 bits per heavy atom. The second kappa shape index (κ2) is 7.56. The van der Waals surface area contributed by atoms with Gasteiger partial charge in [-0.1, -0.05) is 36.4 Å². The van der Waals surface area contributed by atoms with E-state index in [1.54, 1.807) is 23.2 Å². The fraction of sp³-hybridized carbons (Fsp3) is 0.130. The smallest absolute Gasteiger partial charge is 0.246 e. The van der Waals surface area contributed by atoms with E-state index in [0.29, 0.717) is 12.1 Å². The zero-order valence-electron chi connectivity index (χ0n) is 15.5. The molecule has 0 radical (unpaired) electrons. The molecule has 1 amide bonds. The lowest BCUT2D eigenvalue weighted by atomic mass is 10.1. The summed E-state index contributed by atoms with van der Waals surface area (Å²) in [4.78, 5) is 27.6. The molecule has 0 aliphatic carbocycles. The van der Waals surface area contributed by atoms with Gasteiger partial charge in [-0.2, -0.15) is 0 Å². The third kappa shape index (κ3) is 3.22. The number of furan rings is 1. The molecule has 0 aliphatic heterocycles. The monoisotopic (exact) mass is 372 g/mol. The minimum Gasteiger partial charge on any atom is -0.461 e. The number of anilines is 1. The van der Waals surface area contributed by atoms with Crippen molar-refractivity contribution in [2.24, 2.45) is 0 Å². The Kier molecular flexibility index (Phi) is 4.81. The molecule has 0 fully saturated rings. The van der Waals surface area contributed by atoms with Crippen LogP contribution in [0.3, 0.4) is 0 Å². The van der Waals surface area contributed by atoms with E-state index in [2.05, 4.69) is 0 Å². The van der Waals surface area contributed by atoms with E-state index in [9.17, 15) is 9.59 Å². The summed E-state index contributed by atoms with van der Waals surface area (Å²) in [6, 6.07) is 20.5. The maximum Gasteiger partial charge on any atom is 0.246 e. The Hall–Kier alpha value is -3.60. The van der Waals surface area contributed by atoms with Gasteiger partial charge in [-0.25, -0.2) is 0 Å². The first kappa shape index (κ1) is 17.8. The fourth-order valence-electron chi connectivity index (χ4n) is 3.44. The molecular formula is C23H20N2O3. The van der Waals surface area contributed by atoms with E-state index in [4.69, 9.17) is 4.42 Å². The van der Waals surface area contributed by atoms with Crippen LogP contribution in [0, 0.1) is 0 Å². The lowest BCUT2D eigenvalue weighted by Gasteiger charge is -2.21. The van der Waals surface area contributed by atoms with Gasteiger partial charge in [0, 0.05) is 29.3 Å². The first-order valence-electron chi connectivity index (χ1n) is 9.20. The minimum atomic E-state index is -0.192. The maximum atomic E-state index is 13.0. The van der Waals surface area contributed by atoms with Crippen LogP contribution in [-0.2, 0) is 11.3 Å². The Balaban J connectivity index is 1.69. The largest absolute Gasteiger partial charge is 0.461 e. The van der Waals surface area contributed by atoms with Gasteiger partial charge in [0.25, 0.3) is 0 Å². The van der Waals surface area contributed by atoms with Crippen molar-refractivity contribution in [2.75, 3.05) is 11.4 Å². The molecule has 5 nitrogen and oxygen atoms in total. The summed E-state index contributed by atoms with van der Waals surface area (Å²) in [7, 11) is 0. The van der Waals surface area contributed by atoms with Gasteiger partial charge >= 0.3 is 0 Å². The third-order valence-corrected chi connectivity index (χ3v) is 4.77. The topological polar surface area (TPSA) is 55.5 Å². The highest BCUT2D eigenvalue weighted by Gasteiger charge is 2.21. The molecule has 0 unspecified atom stereocenters. The van der Waals surface area contributed by atoms with Crippen molar-refractivity contribution >= 4 is 28.3 Å². The molecule has 28 heavy (non-hydrogen) atoms. The zero-order valence-corrected chi connectivity index (χ0v) is 15.5. The number of hydrogen-bond acceptors (Lipinski definition) is 3. The van der Waals surface area contributed by atoms with Crippen LogP contribution in [0.5, 0.6) is 0 Å². The van der Waals surface area contributed by atoms with Crippen molar-refractivity contribution in [3.8, 4) is 0 Å². The van der Waals surface area contributed by atoms with Gasteiger partial charge in [0.2, 0.25) is 11.7 Å². The number of para-hydroxylation sites is 2. The minimum absolute atomic E-state index is 0.0357. The van der Waals surface area contributed by atoms with Crippen LogP contribution in [0.4, 0.5) is 5.69 Å². The number of rotatable bonds is 6. The van der Waals surface area contributed by atoms with E-state index in [-0.39, 0.29) is 24.0 Å². The number of ketones is 1. The van der Waals surface area contributed by atoms with Gasteiger partial charge in [0.05, 0.1) is 11.8 Å². The SMILES string of the molecule is CCN(C(=O)Cn1cc(C(=O)c2ccco2)c2ccccc21)c1ccccc1. The molecule has 5 heteroatoms. The first-order chi connectivity index (χ1) is 13.7. The maximum absolute atomic E-state index is 13.0. The summed E-state index contributed by atoms with van der Waals surface area (Å²) in [6.07, 6.45) is 3.22. The van der Waals surface area contributed by atoms with Crippen molar-refractivity contribution in [2.45, 2.75) is 13.5 Å². The number of carbonyl (C=O) groups is 2. The van der Waals surface area contributed by atoms with Crippen LogP contribution in [0.15, 0.2) is 83.6 Å². The number of hydrogen-bond donors (Lipinski definition) is 0. The zero-order chi connectivity index (χ0) is 19.5. The number of aromatic nitrogens is 1. The van der Waals surface area contributed by atoms with E-state index in [0.717, 1.165) is 16.6 Å². The Morgan fingerprint density at radius 2 is 1.71 bits per heavy atom. The van der Waals surface area contributed by atoms with E-state index >= 15 is 0 Å². The van der Waals surface area contributed by atoms with Gasteiger partial charge in [-0.15, -0.1) is 0 Å². The molecule has 0 N–H and O–H groups in total. The molecule has 2 heterocycles. The predicted octanol–water partition coefficient (Wildman–Crippen LogP) is 4.52. The Labute approximate surface area is 162 Å². The Bertz CT molecular complexity index is 1110. The van der Waals surface area contributed by atoms with Crippen molar-refractivity contribution in [1.82, 2.24) is 4.57 Å². The lowest BCUT2D eigenvalue weighted by Crippen LogP contribution is -2.33. The Morgan fingerprint density at radius 3 is 2.43 bits per heavy atom. The summed E-state index contributed by atoms with van der Waals surface area (Å²) in [5, 5.41) is 0.805. The molecule has 2 aromatic heterocycles. The summed E-state index contributed by atoms with van der Waals surface area (Å²) < 4.78 is 7.10. The van der Waals surface area contributed by atoms with Crippen LogP contribution in [0.2, 0.25) is 0 Å². The molecule has 0 aliphatic rings. The molecule has 4 aromatic rings. The van der Waals surface area contributed by atoms with Crippen LogP contribution >= 0.6 is 0 Å². The van der Waals surface area contributed by atoms with Crippen molar-refractivity contribution in [3.63, 3.8) is 0 Å². The number of carbonyl (C=O) groups excluding carboxylic acids is 2. The van der Waals surface area contributed by atoms with Crippen LogP contribution in [0.25, 0.3) is 10.9 Å². The molecule has 2 aromatic carbocycles. The molecule has 0 saturated heterocycles. The highest BCUT2D eigenvalue weighted by atomic mass is 16.3. The van der Waals surface area contributed by atoms with Gasteiger partial charge in [-0.3, -0.25) is 9.59 Å². The van der Waals surface area contributed by atoms with Crippen LogP contribution in [-0.4, -0.2) is 22.8 Å². The van der Waals surface area contributed by atoms with E-state index < -0.39 is 0 Å². The molecule has 0 spiro atoms. The number of fused-ring (bicyclic) bond motifs is 1. The van der Waals surface area contributed by atoms with Crippen molar-refractivity contribution < 1.29 is 14.0 Å². The van der Waals surface area contributed by atoms with Gasteiger partial charge in [0.15, 0.2) is 5.76 Å². The predicted molar refractivity (Wildman–Crippen MR) is 109 cm³/mol. The van der Waals surface area contributed by atoms with Crippen LogP contribution in [0.1, 0.15) is 23.0 Å². The number of benzene rings is 2. The van der Waals surface area contributed by atoms with Crippen molar-refractivity contribution in [1.29, 1.82) is 0 Å². The summed E-state index contributed by atoms with van der Waals surface area (Å²) >= 11 is 0.